The van der Waals surface area contributed by atoms with Gasteiger partial charge in [-0.15, -0.1) is 0 Å². The van der Waals surface area contributed by atoms with Gasteiger partial charge in [0.15, 0.2) is 0 Å². The van der Waals surface area contributed by atoms with Gasteiger partial charge < -0.3 is 0 Å². The molecule has 1 atom stereocenters. The van der Waals surface area contributed by atoms with Crippen LogP contribution in [0.15, 0.2) is 34.8 Å². The van der Waals surface area contributed by atoms with E-state index in [9.17, 15) is 4.39 Å². The molecule has 1 unspecified atom stereocenters. The molecule has 0 radical (unpaired) electrons. The van der Waals surface area contributed by atoms with Crippen molar-refractivity contribution in [2.24, 2.45) is 5.84 Å². The fourth-order valence-corrected chi connectivity index (χ4v) is 3.15. The van der Waals surface area contributed by atoms with E-state index in [2.05, 4.69) is 43.9 Å². The van der Waals surface area contributed by atoms with Crippen LogP contribution in [0.1, 0.15) is 17.2 Å². The first-order valence-corrected chi connectivity index (χ1v) is 8.13. The Labute approximate surface area is 148 Å². The van der Waals surface area contributed by atoms with Gasteiger partial charge in [0, 0.05) is 18.6 Å². The van der Waals surface area contributed by atoms with Crippen molar-refractivity contribution in [2.45, 2.75) is 6.04 Å². The van der Waals surface area contributed by atoms with E-state index in [-0.39, 0.29) is 5.02 Å². The monoisotopic (exact) mass is 488 g/mol. The molecule has 20 heavy (non-hydrogen) atoms. The SMILES string of the molecule is NNC(c1cc(Cl)ccc1I)c1ccc(Br)c(Cl)c1F. The highest BCUT2D eigenvalue weighted by Crippen LogP contribution is 2.34. The number of hydrogen-bond acceptors (Lipinski definition) is 2. The number of hydrazine groups is 1. The van der Waals surface area contributed by atoms with Gasteiger partial charge in [-0.2, -0.15) is 0 Å². The maximum absolute atomic E-state index is 14.3. The van der Waals surface area contributed by atoms with Gasteiger partial charge in [-0.05, 0) is 68.3 Å². The Hall–Kier alpha value is 0.0800. The predicted octanol–water partition coefficient (Wildman–Crippen LogP) is 5.05. The van der Waals surface area contributed by atoms with E-state index < -0.39 is 11.9 Å². The summed E-state index contributed by atoms with van der Waals surface area (Å²) in [5.41, 5.74) is 3.76. The molecular weight excluding hydrogens is 481 g/mol. The lowest BCUT2D eigenvalue weighted by Gasteiger charge is -2.20. The second-order valence-corrected chi connectivity index (χ2v) is 6.86. The summed E-state index contributed by atoms with van der Waals surface area (Å²) in [6, 6.07) is 8.15. The summed E-state index contributed by atoms with van der Waals surface area (Å²) in [4.78, 5) is 0. The third-order valence-electron chi connectivity index (χ3n) is 2.81. The van der Waals surface area contributed by atoms with Crippen LogP contribution in [0.25, 0.3) is 0 Å². The number of hydrogen-bond donors (Lipinski definition) is 2. The van der Waals surface area contributed by atoms with Gasteiger partial charge in [0.05, 0.1) is 11.1 Å². The summed E-state index contributed by atoms with van der Waals surface area (Å²) in [6.07, 6.45) is 0. The minimum atomic E-state index is -0.536. The maximum atomic E-state index is 14.3. The van der Waals surface area contributed by atoms with Crippen molar-refractivity contribution in [3.8, 4) is 0 Å². The molecule has 0 aliphatic carbocycles. The first-order valence-electron chi connectivity index (χ1n) is 5.50. The molecule has 0 aliphatic rings. The number of nitrogens with one attached hydrogen (secondary N) is 1. The zero-order valence-electron chi connectivity index (χ0n) is 9.93. The van der Waals surface area contributed by atoms with Gasteiger partial charge in [-0.25, -0.2) is 9.82 Å². The van der Waals surface area contributed by atoms with Gasteiger partial charge in [-0.1, -0.05) is 29.3 Å². The summed E-state index contributed by atoms with van der Waals surface area (Å²) in [5.74, 6) is 5.08. The largest absolute Gasteiger partial charge is 0.271 e. The molecule has 2 aromatic carbocycles. The van der Waals surface area contributed by atoms with Crippen LogP contribution in [0.3, 0.4) is 0 Å². The minimum Gasteiger partial charge on any atom is -0.271 e. The Kier molecular flexibility index (Phi) is 5.67. The van der Waals surface area contributed by atoms with Crippen molar-refractivity contribution in [1.82, 2.24) is 5.43 Å². The number of rotatable bonds is 3. The molecule has 0 bridgehead atoms. The van der Waals surface area contributed by atoms with Crippen LogP contribution in [-0.4, -0.2) is 0 Å². The van der Waals surface area contributed by atoms with Crippen LogP contribution in [-0.2, 0) is 0 Å². The Bertz CT molecular complexity index is 655. The number of benzene rings is 2. The molecule has 0 spiro atoms. The summed E-state index contributed by atoms with van der Waals surface area (Å²) in [5, 5.41) is 0.587. The third kappa shape index (κ3) is 3.28. The van der Waals surface area contributed by atoms with Gasteiger partial charge in [-0.3, -0.25) is 5.84 Å². The summed E-state index contributed by atoms with van der Waals surface area (Å²) in [6.45, 7) is 0. The Morgan fingerprint density at radius 3 is 2.55 bits per heavy atom. The van der Waals surface area contributed by atoms with Crippen LogP contribution >= 0.6 is 61.7 Å². The number of nitrogens with two attached hydrogens (primary N) is 1. The molecule has 2 aromatic rings. The van der Waals surface area contributed by atoms with Crippen LogP contribution in [0.4, 0.5) is 4.39 Å². The van der Waals surface area contributed by atoms with Gasteiger partial charge in [0.2, 0.25) is 0 Å². The second kappa shape index (κ2) is 6.89. The highest BCUT2D eigenvalue weighted by Gasteiger charge is 2.21. The maximum Gasteiger partial charge on any atom is 0.148 e. The molecule has 0 fully saturated rings. The van der Waals surface area contributed by atoms with Crippen LogP contribution in [0.5, 0.6) is 0 Å². The number of halogens is 5. The highest BCUT2D eigenvalue weighted by molar-refractivity contribution is 14.1. The Morgan fingerprint density at radius 1 is 1.20 bits per heavy atom. The quantitative estimate of drug-likeness (QED) is 0.274. The zero-order valence-corrected chi connectivity index (χ0v) is 15.2. The van der Waals surface area contributed by atoms with Crippen molar-refractivity contribution in [3.63, 3.8) is 0 Å². The van der Waals surface area contributed by atoms with Crippen molar-refractivity contribution >= 4 is 61.7 Å². The molecule has 7 heteroatoms. The van der Waals surface area contributed by atoms with E-state index in [0.717, 1.165) is 9.13 Å². The smallest absolute Gasteiger partial charge is 0.148 e. The normalized spacial score (nSPS) is 12.5. The highest BCUT2D eigenvalue weighted by atomic mass is 127. The summed E-state index contributed by atoms with van der Waals surface area (Å²) < 4.78 is 15.7. The standard InChI is InChI=1S/C13H9BrCl2FIN2/c14-9-3-2-7(12(17)11(9)16)13(20-19)8-5-6(15)1-4-10(8)18/h1-5,13,20H,19H2. The molecule has 0 amide bonds. The van der Waals surface area contributed by atoms with Crippen LogP contribution in [0.2, 0.25) is 10.0 Å². The first kappa shape index (κ1) is 16.5. The van der Waals surface area contributed by atoms with E-state index in [1.165, 1.54) is 0 Å². The van der Waals surface area contributed by atoms with Gasteiger partial charge in [0.1, 0.15) is 5.82 Å². The lowest BCUT2D eigenvalue weighted by Crippen LogP contribution is -2.30. The third-order valence-corrected chi connectivity index (χ3v) is 5.29. The van der Waals surface area contributed by atoms with Gasteiger partial charge in [0.25, 0.3) is 0 Å². The first-order chi connectivity index (χ1) is 9.45. The van der Waals surface area contributed by atoms with Crippen molar-refractivity contribution in [2.75, 3.05) is 0 Å². The molecule has 106 valence electrons. The van der Waals surface area contributed by atoms with E-state index >= 15 is 0 Å². The van der Waals surface area contributed by atoms with E-state index in [0.29, 0.717) is 15.1 Å². The predicted molar refractivity (Wildman–Crippen MR) is 92.4 cm³/mol. The molecule has 2 rings (SSSR count). The molecular formula is C13H9BrCl2FIN2. The Balaban J connectivity index is 2.58. The molecule has 0 aliphatic heterocycles. The fourth-order valence-electron chi connectivity index (χ4n) is 1.85. The summed E-state index contributed by atoms with van der Waals surface area (Å²) in [7, 11) is 0. The topological polar surface area (TPSA) is 38.0 Å². The molecule has 0 aromatic heterocycles. The molecule has 0 saturated heterocycles. The molecule has 0 saturated carbocycles. The molecule has 2 nitrogen and oxygen atoms in total. The van der Waals surface area contributed by atoms with Crippen LogP contribution < -0.4 is 11.3 Å². The van der Waals surface area contributed by atoms with Crippen molar-refractivity contribution in [3.05, 3.63) is 65.4 Å². The lowest BCUT2D eigenvalue weighted by atomic mass is 9.99. The lowest BCUT2D eigenvalue weighted by molar-refractivity contribution is 0.559. The Morgan fingerprint density at radius 2 is 1.90 bits per heavy atom. The molecule has 3 N–H and O–H groups in total. The minimum absolute atomic E-state index is 0.0276. The summed E-state index contributed by atoms with van der Waals surface area (Å²) >= 11 is 17.3. The van der Waals surface area contributed by atoms with E-state index in [1.54, 1.807) is 24.3 Å². The average molecular weight is 490 g/mol. The average Bonchev–Trinajstić information content (AvgIpc) is 2.43. The van der Waals surface area contributed by atoms with E-state index in [1.807, 2.05) is 6.07 Å². The second-order valence-electron chi connectivity index (χ2n) is 4.03. The van der Waals surface area contributed by atoms with E-state index in [4.69, 9.17) is 29.0 Å². The molecule has 0 heterocycles. The zero-order chi connectivity index (χ0) is 14.9. The fraction of sp³-hybridized carbons (Fsp3) is 0.0769. The van der Waals surface area contributed by atoms with Crippen molar-refractivity contribution < 1.29 is 4.39 Å². The van der Waals surface area contributed by atoms with Crippen molar-refractivity contribution in [1.29, 1.82) is 0 Å². The van der Waals surface area contributed by atoms with Gasteiger partial charge >= 0.3 is 0 Å². The van der Waals surface area contributed by atoms with Crippen LogP contribution in [0, 0.1) is 9.39 Å².